The molecule has 0 aliphatic heterocycles. The molecule has 0 saturated heterocycles. The number of nitrogens with one attached hydrogen (secondary N) is 3. The highest BCUT2D eigenvalue weighted by Gasteiger charge is 2.26. The molecule has 1 unspecified atom stereocenters. The lowest BCUT2D eigenvalue weighted by molar-refractivity contribution is 0.738. The summed E-state index contributed by atoms with van der Waals surface area (Å²) < 4.78 is 34.4. The molecule has 0 amide bonds. The van der Waals surface area contributed by atoms with Crippen LogP contribution in [0.3, 0.4) is 0 Å². The summed E-state index contributed by atoms with van der Waals surface area (Å²) in [7, 11) is 0. The van der Waals surface area contributed by atoms with Crippen molar-refractivity contribution in [3.05, 3.63) is 58.3 Å². The molecule has 2 aromatic heterocycles. The third kappa shape index (κ3) is 3.88. The zero-order valence-corrected chi connectivity index (χ0v) is 15.9. The summed E-state index contributed by atoms with van der Waals surface area (Å²) in [6.45, 7) is 1.81. The number of H-pyrrole nitrogens is 1. The number of anilines is 3. The molecule has 4 rings (SSSR count). The Morgan fingerprint density at radius 1 is 1.42 bits per heavy atom. The van der Waals surface area contributed by atoms with E-state index in [2.05, 4.69) is 36.1 Å². The number of benzene rings is 1. The van der Waals surface area contributed by atoms with Crippen LogP contribution in [0.2, 0.25) is 2.82 Å². The van der Waals surface area contributed by atoms with E-state index in [-0.39, 0.29) is 22.4 Å². The van der Waals surface area contributed by atoms with Crippen molar-refractivity contribution in [2.75, 3.05) is 10.6 Å². The third-order valence-corrected chi connectivity index (χ3v) is 4.67. The first-order valence-electron chi connectivity index (χ1n) is 10.5. The summed E-state index contributed by atoms with van der Waals surface area (Å²) in [5.41, 5.74) is 1.52. The lowest BCUT2D eigenvalue weighted by Crippen LogP contribution is -2.12. The molecule has 1 saturated carbocycles. The Hall–Kier alpha value is -2.41. The van der Waals surface area contributed by atoms with Gasteiger partial charge in [0.05, 0.1) is 18.9 Å². The Morgan fingerprint density at radius 2 is 2.23 bits per heavy atom. The number of aromatic nitrogens is 4. The van der Waals surface area contributed by atoms with E-state index in [1.54, 1.807) is 18.2 Å². The number of aromatic amines is 1. The summed E-state index contributed by atoms with van der Waals surface area (Å²) >= 11 is 3.29. The lowest BCUT2D eigenvalue weighted by atomic mass is 10.1. The molecule has 1 aliphatic rings. The monoisotopic (exact) mass is 420 g/mol. The summed E-state index contributed by atoms with van der Waals surface area (Å²) in [6, 6.07) is 9.38. The van der Waals surface area contributed by atoms with Gasteiger partial charge in [0.1, 0.15) is 5.82 Å². The normalized spacial score (nSPS) is 18.2. The summed E-state index contributed by atoms with van der Waals surface area (Å²) in [5, 5.41) is 9.02. The zero-order valence-electron chi connectivity index (χ0n) is 18.3. The number of hydrogen-bond donors (Lipinski definition) is 3. The molecule has 26 heavy (non-hydrogen) atoms. The Kier molecular flexibility index (Phi) is 3.69. The van der Waals surface area contributed by atoms with Gasteiger partial charge in [-0.2, -0.15) is 10.1 Å². The van der Waals surface area contributed by atoms with Crippen LogP contribution in [0.15, 0.2) is 47.0 Å². The van der Waals surface area contributed by atoms with Gasteiger partial charge in [-0.1, -0.05) is 37.3 Å². The zero-order chi connectivity index (χ0) is 21.5. The standard InChI is InChI=1S/C19H21BrN6/c1-2-15(12-6-4-3-5-7-12)22-19-21-11-14(20)18(24-19)23-17-10-16(25-26-17)13-8-9-13/h3-7,10-11,13,15H,2,8-9H2,1H3,(H3,21,22,23,24,25,26)/i11T,15T/hT2. The van der Waals surface area contributed by atoms with E-state index in [0.29, 0.717) is 23.7 Å². The smallest absolute Gasteiger partial charge is 0.225 e. The van der Waals surface area contributed by atoms with Crippen molar-refractivity contribution in [2.45, 2.75) is 38.1 Å². The van der Waals surface area contributed by atoms with Crippen LogP contribution in [0.4, 0.5) is 17.6 Å². The van der Waals surface area contributed by atoms with Crippen molar-refractivity contribution in [1.82, 2.24) is 20.2 Å². The van der Waals surface area contributed by atoms with E-state index in [0.717, 1.165) is 29.2 Å². The molecule has 1 aliphatic carbocycles. The van der Waals surface area contributed by atoms with Gasteiger partial charge in [0.2, 0.25) is 5.95 Å². The van der Waals surface area contributed by atoms with Crippen LogP contribution >= 0.6 is 15.9 Å². The minimum atomic E-state index is -1.45. The molecule has 0 radical (unpaired) electrons. The van der Waals surface area contributed by atoms with Crippen LogP contribution in [-0.2, 0) is 0 Å². The van der Waals surface area contributed by atoms with Crippen LogP contribution in [0, 0.1) is 0 Å². The van der Waals surface area contributed by atoms with E-state index in [1.165, 1.54) is 0 Å². The number of nitrogens with zero attached hydrogens (tertiary/aromatic N) is 3. The average molecular weight is 421 g/mol. The van der Waals surface area contributed by atoms with Crippen molar-refractivity contribution in [1.29, 1.82) is 0 Å². The maximum absolute atomic E-state index is 8.89. The first-order valence-corrected chi connectivity index (χ1v) is 9.37. The van der Waals surface area contributed by atoms with Gasteiger partial charge in [0.15, 0.2) is 8.64 Å². The molecule has 1 fully saturated rings. The molecule has 7 heteroatoms. The molecule has 2 heterocycles. The molecule has 3 N–H and O–H groups in total. The van der Waals surface area contributed by atoms with Gasteiger partial charge in [0, 0.05) is 18.2 Å². The number of halogens is 1. The Balaban J connectivity index is 1.71. The van der Waals surface area contributed by atoms with Crippen LogP contribution in [0.25, 0.3) is 0 Å². The molecular formula is C19H21BrN6. The fourth-order valence-corrected chi connectivity index (χ4v) is 2.89. The van der Waals surface area contributed by atoms with Crippen LogP contribution in [0.1, 0.15) is 52.1 Å². The minimum Gasteiger partial charge on any atom is -0.347 e. The topological polar surface area (TPSA) is 78.5 Å². The third-order valence-electron chi connectivity index (χ3n) is 4.14. The fraction of sp³-hybridized carbons (Fsp3) is 0.316. The molecule has 3 aromatic rings. The van der Waals surface area contributed by atoms with Crippen LogP contribution in [0.5, 0.6) is 0 Å². The van der Waals surface area contributed by atoms with E-state index in [1.807, 2.05) is 25.1 Å². The highest BCUT2D eigenvalue weighted by molar-refractivity contribution is 9.10. The molecule has 6 nitrogen and oxygen atoms in total. The quantitative estimate of drug-likeness (QED) is 0.492. The Morgan fingerprint density at radius 3 is 2.96 bits per heavy atom. The fourth-order valence-electron chi connectivity index (χ4n) is 2.63. The van der Waals surface area contributed by atoms with Crippen molar-refractivity contribution in [3.63, 3.8) is 0 Å². The second-order valence-corrected chi connectivity index (χ2v) is 6.91. The average Bonchev–Trinajstić information content (AvgIpc) is 3.51. The Labute approximate surface area is 166 Å². The minimum absolute atomic E-state index is 0.0970. The summed E-state index contributed by atoms with van der Waals surface area (Å²) in [4.78, 5) is 8.43. The molecular weight excluding hydrogens is 392 g/mol. The van der Waals surface area contributed by atoms with E-state index in [4.69, 9.17) is 5.57 Å². The van der Waals surface area contributed by atoms with E-state index in [9.17, 15) is 0 Å². The SMILES string of the molecule is [3H]c1nc(N([3H])C([3H])(CC)c2ccccc2)nc(N([3H])c2cc(C3CC3)n[nH]2)c1Br. The van der Waals surface area contributed by atoms with Crippen molar-refractivity contribution >= 4 is 33.5 Å². The van der Waals surface area contributed by atoms with Gasteiger partial charge >= 0.3 is 0 Å². The van der Waals surface area contributed by atoms with Gasteiger partial charge in [-0.25, -0.2) is 4.98 Å². The van der Waals surface area contributed by atoms with Gasteiger partial charge in [-0.3, -0.25) is 5.10 Å². The van der Waals surface area contributed by atoms with Crippen molar-refractivity contribution in [3.8, 4) is 0 Å². The second-order valence-electron chi connectivity index (χ2n) is 6.12. The first-order chi connectivity index (χ1) is 14.3. The highest BCUT2D eigenvalue weighted by Crippen LogP contribution is 2.39. The summed E-state index contributed by atoms with van der Waals surface area (Å²) in [6.07, 6.45) is 2.32. The van der Waals surface area contributed by atoms with E-state index >= 15 is 0 Å². The van der Waals surface area contributed by atoms with Gasteiger partial charge < -0.3 is 10.6 Å². The van der Waals surface area contributed by atoms with Gasteiger partial charge in [-0.15, -0.1) is 0 Å². The molecule has 0 bridgehead atoms. The number of rotatable bonds is 7. The summed E-state index contributed by atoms with van der Waals surface area (Å²) in [5.74, 6) is 0.814. The number of hydrogen-bond acceptors (Lipinski definition) is 5. The van der Waals surface area contributed by atoms with E-state index < -0.39 is 6.02 Å². The molecule has 0 spiro atoms. The van der Waals surface area contributed by atoms with Crippen LogP contribution in [-0.4, -0.2) is 20.2 Å². The second kappa shape index (κ2) is 7.45. The first kappa shape index (κ1) is 12.9. The van der Waals surface area contributed by atoms with Gasteiger partial charge in [-0.05, 0) is 40.8 Å². The van der Waals surface area contributed by atoms with Gasteiger partial charge in [0.25, 0.3) is 0 Å². The Bertz CT molecular complexity index is 1040. The van der Waals surface area contributed by atoms with Crippen molar-refractivity contribution < 1.29 is 5.57 Å². The molecule has 134 valence electrons. The largest absolute Gasteiger partial charge is 0.347 e. The lowest BCUT2D eigenvalue weighted by Gasteiger charge is -2.18. The predicted octanol–water partition coefficient (Wildman–Crippen LogP) is 5.15. The highest BCUT2D eigenvalue weighted by atomic mass is 79.9. The molecule has 1 atom stereocenters. The predicted molar refractivity (Wildman–Crippen MR) is 107 cm³/mol. The van der Waals surface area contributed by atoms with Crippen molar-refractivity contribution in [2.24, 2.45) is 0 Å². The van der Waals surface area contributed by atoms with Crippen LogP contribution < -0.4 is 10.6 Å². The maximum Gasteiger partial charge on any atom is 0.225 e. The molecule has 1 aromatic carbocycles. The maximum atomic E-state index is 8.89.